The lowest BCUT2D eigenvalue weighted by Crippen LogP contribution is -2.22. The van der Waals surface area contributed by atoms with Crippen LogP contribution in [0.25, 0.3) is 112 Å². The van der Waals surface area contributed by atoms with Crippen molar-refractivity contribution in [3.05, 3.63) is 137 Å². The first-order valence-corrected chi connectivity index (χ1v) is 37.2. The Hall–Kier alpha value is -3.96. The van der Waals surface area contributed by atoms with Crippen molar-refractivity contribution in [2.45, 2.75) is 68.2 Å². The van der Waals surface area contributed by atoms with E-state index < -0.39 is 0 Å². The van der Waals surface area contributed by atoms with Gasteiger partial charge in [-0.25, -0.2) is 0 Å². The van der Waals surface area contributed by atoms with E-state index in [9.17, 15) is 9.59 Å². The van der Waals surface area contributed by atoms with E-state index in [1.54, 1.807) is 46.6 Å². The highest BCUT2D eigenvalue weighted by Crippen LogP contribution is 2.57. The summed E-state index contributed by atoms with van der Waals surface area (Å²) >= 11 is 32.4. The van der Waals surface area contributed by atoms with Crippen molar-refractivity contribution in [2.75, 3.05) is 14.1 Å². The molecule has 2 aliphatic heterocycles. The van der Waals surface area contributed by atoms with E-state index in [0.29, 0.717) is 30.3 Å². The molecular weight excluding hydrogens is 1280 g/mol. The minimum absolute atomic E-state index is 0.0343. The van der Waals surface area contributed by atoms with Gasteiger partial charge in [0.1, 0.15) is 8.64 Å². The monoisotopic (exact) mass is 1330 g/mol. The molecule has 12 heterocycles. The molecule has 0 radical (unpaired) electrons. The van der Waals surface area contributed by atoms with E-state index in [1.807, 2.05) is 103 Å². The third kappa shape index (κ3) is 10.7. The van der Waals surface area contributed by atoms with E-state index in [-0.39, 0.29) is 11.8 Å². The summed E-state index contributed by atoms with van der Waals surface area (Å²) in [5.41, 5.74) is 7.73. The first-order chi connectivity index (χ1) is 39.3. The summed E-state index contributed by atoms with van der Waals surface area (Å²) in [4.78, 5) is 53.2. The van der Waals surface area contributed by atoms with Crippen molar-refractivity contribution in [3.63, 3.8) is 0 Å². The van der Waals surface area contributed by atoms with Gasteiger partial charge < -0.3 is 0 Å². The lowest BCUT2D eigenvalue weighted by molar-refractivity contribution is -0.122. The molecule has 0 N–H and O–H groups in total. The molecule has 0 unspecified atom stereocenters. The Morgan fingerprint density at radius 3 is 1.11 bits per heavy atom. The topological polar surface area (TPSA) is 40.6 Å². The predicted octanol–water partition coefficient (Wildman–Crippen LogP) is 23.2. The fourth-order valence-corrected chi connectivity index (χ4v) is 25.5. The van der Waals surface area contributed by atoms with Crippen molar-refractivity contribution < 1.29 is 9.59 Å². The molecule has 2 amide bonds. The fraction of sp³-hybridized carbons (Fsp3) is 0.219. The predicted molar refractivity (Wildman–Crippen MR) is 382 cm³/mol. The second-order valence-corrected chi connectivity index (χ2v) is 35.8. The summed E-state index contributed by atoms with van der Waals surface area (Å²) in [6, 6.07) is 32.9. The quantitative estimate of drug-likeness (QED) is 0.0798. The number of thiocarbonyl (C=S) groups is 2. The van der Waals surface area contributed by atoms with Gasteiger partial charge in [-0.05, 0) is 172 Å². The smallest absolute Gasteiger partial charge is 0.265 e. The van der Waals surface area contributed by atoms with Gasteiger partial charge in [-0.3, -0.25) is 19.4 Å². The number of likely N-dealkylation sites (N-methyl/N-ethyl adjacent to an activating group) is 2. The Bertz CT molecular complexity index is 4160. The van der Waals surface area contributed by atoms with Crippen molar-refractivity contribution in [1.82, 2.24) is 9.80 Å². The van der Waals surface area contributed by atoms with Gasteiger partial charge in [0.2, 0.25) is 0 Å². The lowest BCUT2D eigenvalue weighted by atomic mass is 9.99. The summed E-state index contributed by atoms with van der Waals surface area (Å²) < 4.78 is 3.91. The number of thiophene rings is 10. The molecule has 0 atom stereocenters. The SMILES string of the molecule is Cc1cc(/C=C2\SC(=S)N(C)C2=O)sc1-c1ccc(-c2sc(-c3cc4c(-c5ccc(CC(C)C)s5)c5sc(-c6cc(C)c(-c7ccc(-c8sc(/C=C9\SC(=S)N(C)C9=O)cc8C)s7)s6)cc5c(-c5ccc(CC(C)C)s5)c4s3)cc2C)s1. The molecule has 414 valence electrons. The zero-order valence-electron chi connectivity index (χ0n) is 46.2. The van der Waals surface area contributed by atoms with Gasteiger partial charge in [-0.2, -0.15) is 0 Å². The van der Waals surface area contributed by atoms with Gasteiger partial charge in [-0.1, -0.05) is 75.7 Å². The highest BCUT2D eigenvalue weighted by molar-refractivity contribution is 8.27. The number of amides is 2. The molecule has 0 saturated carbocycles. The van der Waals surface area contributed by atoms with Crippen LogP contribution in [0, 0.1) is 39.5 Å². The van der Waals surface area contributed by atoms with Crippen LogP contribution in [0.2, 0.25) is 0 Å². The van der Waals surface area contributed by atoms with Crippen LogP contribution in [0.3, 0.4) is 0 Å². The van der Waals surface area contributed by atoms with E-state index in [4.69, 9.17) is 24.4 Å². The molecule has 82 heavy (non-hydrogen) atoms. The maximum absolute atomic E-state index is 12.8. The third-order valence-electron chi connectivity index (χ3n) is 14.3. The number of carbonyl (C=O) groups excluding carboxylic acids is 2. The van der Waals surface area contributed by atoms with Crippen molar-refractivity contribution >= 4 is 214 Å². The van der Waals surface area contributed by atoms with E-state index >= 15 is 0 Å². The fourth-order valence-electron chi connectivity index (χ4n) is 10.4. The molecule has 2 aliphatic rings. The molecule has 11 aromatic rings. The van der Waals surface area contributed by atoms with Gasteiger partial charge in [0.25, 0.3) is 11.8 Å². The van der Waals surface area contributed by atoms with Crippen molar-refractivity contribution in [2.24, 2.45) is 11.8 Å². The van der Waals surface area contributed by atoms with Crippen LogP contribution in [-0.4, -0.2) is 44.4 Å². The van der Waals surface area contributed by atoms with Gasteiger partial charge >= 0.3 is 0 Å². The number of benzene rings is 1. The number of rotatable bonds is 14. The van der Waals surface area contributed by atoms with E-state index in [2.05, 4.69) is 140 Å². The first kappa shape index (κ1) is 57.1. The van der Waals surface area contributed by atoms with Gasteiger partial charge in [0.15, 0.2) is 0 Å². The number of thioether (sulfide) groups is 2. The zero-order chi connectivity index (χ0) is 57.2. The highest BCUT2D eigenvalue weighted by atomic mass is 32.2. The van der Waals surface area contributed by atoms with Crippen LogP contribution in [-0.2, 0) is 22.4 Å². The molecule has 0 aliphatic carbocycles. The number of fused-ring (bicyclic) bond motifs is 2. The average molecular weight is 1330 g/mol. The van der Waals surface area contributed by atoms with E-state index in [0.717, 1.165) is 22.6 Å². The molecular formula is C64H52N2O2S14. The minimum atomic E-state index is -0.0343. The van der Waals surface area contributed by atoms with Gasteiger partial charge in [0.05, 0.1) is 9.81 Å². The van der Waals surface area contributed by atoms with Crippen LogP contribution in [0.15, 0.2) is 94.7 Å². The maximum Gasteiger partial charge on any atom is 0.265 e. The van der Waals surface area contributed by atoms with Crippen molar-refractivity contribution in [1.29, 1.82) is 0 Å². The van der Waals surface area contributed by atoms with Gasteiger partial charge in [-0.15, -0.1) is 113 Å². The summed E-state index contributed by atoms with van der Waals surface area (Å²) in [5, 5.41) is 2.68. The number of carbonyl (C=O) groups is 2. The van der Waals surface area contributed by atoms with E-state index in [1.165, 1.54) is 155 Å². The number of hydrogen-bond acceptors (Lipinski definition) is 16. The molecule has 0 spiro atoms. The number of aryl methyl sites for hydroxylation is 4. The lowest BCUT2D eigenvalue weighted by Gasteiger charge is -2.10. The Morgan fingerprint density at radius 1 is 0.415 bits per heavy atom. The molecule has 2 fully saturated rings. The van der Waals surface area contributed by atoms with Crippen LogP contribution in [0.4, 0.5) is 0 Å². The normalized spacial score (nSPS) is 15.3. The highest BCUT2D eigenvalue weighted by Gasteiger charge is 2.31. The first-order valence-electron chi connectivity index (χ1n) is 26.6. The zero-order valence-corrected chi connectivity index (χ0v) is 57.7. The Kier molecular flexibility index (Phi) is 15.8. The summed E-state index contributed by atoms with van der Waals surface area (Å²) in [7, 11) is 3.49. The summed E-state index contributed by atoms with van der Waals surface area (Å²) in [5.74, 6) is 1.07. The Morgan fingerprint density at radius 2 is 0.756 bits per heavy atom. The number of hydrogen-bond donors (Lipinski definition) is 0. The average Bonchev–Trinajstić information content (AvgIpc) is 1.87. The molecule has 0 bridgehead atoms. The number of nitrogens with zero attached hydrogens (tertiary/aromatic N) is 2. The second kappa shape index (κ2) is 22.7. The Balaban J connectivity index is 0.894. The molecule has 10 aromatic heterocycles. The Labute approximate surface area is 537 Å². The van der Waals surface area contributed by atoms with Crippen LogP contribution >= 0.6 is 161 Å². The molecule has 13 rings (SSSR count). The standard InChI is InChI=1S/C64H52N2O2S14/c1-29(2)19-35-11-13-41(71-35)53-39-27-49(47-23-33(7)57(77-47)45-17-15-43(75-45)55-31(5)21-37(73-55)25-51-61(67)65(9)63(69)81-51)80-60(39)54(42-14-12-36(72-42)20-30(3)4)40-28-50(79-59(40)53)48-24-34(8)58(78-48)46-18-16-44(76-46)56-32(6)22-38(74-56)26-52-62(68)66(10)64(70)82-52/h11-18,21-30H,19-20H2,1-10H3/b51-25-,52-26-. The molecule has 2 saturated heterocycles. The van der Waals surface area contributed by atoms with Crippen LogP contribution < -0.4 is 0 Å². The molecule has 1 aromatic carbocycles. The summed E-state index contributed by atoms with van der Waals surface area (Å²) in [6.07, 6.45) is 6.11. The van der Waals surface area contributed by atoms with Gasteiger partial charge in [0, 0.05) is 133 Å². The molecule has 18 heteroatoms. The van der Waals surface area contributed by atoms with Crippen molar-refractivity contribution in [3.8, 4) is 79.4 Å². The van der Waals surface area contributed by atoms with Crippen LogP contribution in [0.1, 0.15) is 69.5 Å². The third-order valence-corrected chi connectivity index (χ3v) is 30.0. The summed E-state index contributed by atoms with van der Waals surface area (Å²) in [6.45, 7) is 18.2. The largest absolute Gasteiger partial charge is 0.296 e. The minimum Gasteiger partial charge on any atom is -0.296 e. The maximum atomic E-state index is 12.8. The molecule has 4 nitrogen and oxygen atoms in total. The second-order valence-electron chi connectivity index (χ2n) is 21.6. The van der Waals surface area contributed by atoms with Crippen LogP contribution in [0.5, 0.6) is 0 Å².